The van der Waals surface area contributed by atoms with Crippen molar-refractivity contribution in [2.24, 2.45) is 10.4 Å². The van der Waals surface area contributed by atoms with Crippen molar-refractivity contribution in [3.63, 3.8) is 0 Å². The molecule has 1 amide bonds. The SMILES string of the molecule is CCN(CC)C(=O)CCNC1=NCC2(CCCC2)CS1. The van der Waals surface area contributed by atoms with Crippen LogP contribution in [0.2, 0.25) is 0 Å². The molecular formula is C15H27N3OS. The van der Waals surface area contributed by atoms with Crippen LogP contribution >= 0.6 is 11.8 Å². The minimum atomic E-state index is 0.233. The predicted molar refractivity (Wildman–Crippen MR) is 86.2 cm³/mol. The second-order valence-electron chi connectivity index (χ2n) is 5.86. The van der Waals surface area contributed by atoms with Crippen LogP contribution in [0.3, 0.4) is 0 Å². The largest absolute Gasteiger partial charge is 0.364 e. The third-order valence-electron chi connectivity index (χ3n) is 4.47. The predicted octanol–water partition coefficient (Wildman–Crippen LogP) is 2.50. The van der Waals surface area contributed by atoms with Crippen molar-refractivity contribution in [1.29, 1.82) is 0 Å². The summed E-state index contributed by atoms with van der Waals surface area (Å²) >= 11 is 1.84. The number of rotatable bonds is 5. The Kier molecular flexibility index (Phi) is 5.75. The average Bonchev–Trinajstić information content (AvgIpc) is 2.91. The van der Waals surface area contributed by atoms with Crippen LogP contribution in [0.5, 0.6) is 0 Å². The van der Waals surface area contributed by atoms with Crippen LogP contribution in [-0.4, -0.2) is 47.9 Å². The maximum absolute atomic E-state index is 11.9. The highest BCUT2D eigenvalue weighted by molar-refractivity contribution is 8.13. The number of nitrogens with one attached hydrogen (secondary N) is 1. The second kappa shape index (κ2) is 7.34. The number of hydrogen-bond donors (Lipinski definition) is 1. The van der Waals surface area contributed by atoms with E-state index in [4.69, 9.17) is 4.99 Å². The van der Waals surface area contributed by atoms with E-state index in [1.807, 2.05) is 30.5 Å². The van der Waals surface area contributed by atoms with Gasteiger partial charge in [-0.1, -0.05) is 24.6 Å². The number of nitrogens with zero attached hydrogens (tertiary/aromatic N) is 2. The first-order valence-corrected chi connectivity index (χ1v) is 8.86. The number of amidine groups is 1. The van der Waals surface area contributed by atoms with Gasteiger partial charge < -0.3 is 10.2 Å². The number of amides is 1. The molecule has 4 nitrogen and oxygen atoms in total. The summed E-state index contributed by atoms with van der Waals surface area (Å²) in [5, 5.41) is 4.36. The normalized spacial score (nSPS) is 20.8. The summed E-state index contributed by atoms with van der Waals surface area (Å²) in [6.45, 7) is 7.33. The van der Waals surface area contributed by atoms with E-state index in [0.717, 1.165) is 24.8 Å². The fraction of sp³-hybridized carbons (Fsp3) is 0.867. The topological polar surface area (TPSA) is 44.7 Å². The van der Waals surface area contributed by atoms with Crippen molar-refractivity contribution >= 4 is 22.8 Å². The molecule has 0 atom stereocenters. The van der Waals surface area contributed by atoms with Crippen molar-refractivity contribution in [1.82, 2.24) is 10.2 Å². The molecule has 114 valence electrons. The van der Waals surface area contributed by atoms with Crippen molar-refractivity contribution in [3.05, 3.63) is 0 Å². The Morgan fingerprint density at radius 1 is 1.35 bits per heavy atom. The number of thioether (sulfide) groups is 1. The van der Waals surface area contributed by atoms with Crippen molar-refractivity contribution in [2.45, 2.75) is 46.0 Å². The Morgan fingerprint density at radius 3 is 2.60 bits per heavy atom. The highest BCUT2D eigenvalue weighted by Crippen LogP contribution is 2.43. The maximum Gasteiger partial charge on any atom is 0.224 e. The summed E-state index contributed by atoms with van der Waals surface area (Å²) in [6.07, 6.45) is 6.00. The summed E-state index contributed by atoms with van der Waals surface area (Å²) in [7, 11) is 0. The summed E-state index contributed by atoms with van der Waals surface area (Å²) < 4.78 is 0. The highest BCUT2D eigenvalue weighted by atomic mass is 32.2. The van der Waals surface area contributed by atoms with Gasteiger partial charge in [0.2, 0.25) is 5.91 Å². The molecule has 1 aliphatic heterocycles. The Bertz CT molecular complexity index is 360. The van der Waals surface area contributed by atoms with Gasteiger partial charge in [0.25, 0.3) is 0 Å². The van der Waals surface area contributed by atoms with Crippen LogP contribution in [0, 0.1) is 5.41 Å². The van der Waals surface area contributed by atoms with E-state index < -0.39 is 0 Å². The Labute approximate surface area is 126 Å². The zero-order valence-electron chi connectivity index (χ0n) is 12.8. The first kappa shape index (κ1) is 15.7. The van der Waals surface area contributed by atoms with E-state index in [1.54, 1.807) is 0 Å². The zero-order valence-corrected chi connectivity index (χ0v) is 13.6. The smallest absolute Gasteiger partial charge is 0.224 e. The van der Waals surface area contributed by atoms with Gasteiger partial charge >= 0.3 is 0 Å². The molecule has 2 aliphatic rings. The molecule has 1 aliphatic carbocycles. The summed E-state index contributed by atoms with van der Waals surface area (Å²) in [4.78, 5) is 18.5. The van der Waals surface area contributed by atoms with Crippen molar-refractivity contribution in [3.8, 4) is 0 Å². The molecule has 5 heteroatoms. The molecule has 2 rings (SSSR count). The molecule has 0 radical (unpaired) electrons. The molecule has 1 N–H and O–H groups in total. The monoisotopic (exact) mass is 297 g/mol. The maximum atomic E-state index is 11.9. The number of carbonyl (C=O) groups excluding carboxylic acids is 1. The van der Waals surface area contributed by atoms with Crippen molar-refractivity contribution < 1.29 is 4.79 Å². The summed E-state index contributed by atoms with van der Waals surface area (Å²) in [5.41, 5.74) is 0.493. The van der Waals surface area contributed by atoms with Crippen LogP contribution in [0.4, 0.5) is 0 Å². The number of hydrogen-bond acceptors (Lipinski definition) is 4. The van der Waals surface area contributed by atoms with Crippen LogP contribution in [0.1, 0.15) is 46.0 Å². The number of aliphatic imine (C=N–C) groups is 1. The van der Waals surface area contributed by atoms with E-state index in [2.05, 4.69) is 5.32 Å². The van der Waals surface area contributed by atoms with Gasteiger partial charge in [0.05, 0.1) is 0 Å². The Morgan fingerprint density at radius 2 is 2.05 bits per heavy atom. The molecule has 0 aromatic carbocycles. The lowest BCUT2D eigenvalue weighted by Crippen LogP contribution is -2.36. The molecule has 1 spiro atoms. The summed E-state index contributed by atoms with van der Waals surface area (Å²) in [6, 6.07) is 0. The Hall–Kier alpha value is -0.710. The Balaban J connectivity index is 1.70. The van der Waals surface area contributed by atoms with Crippen LogP contribution < -0.4 is 5.32 Å². The molecule has 20 heavy (non-hydrogen) atoms. The molecule has 0 saturated heterocycles. The standard InChI is InChI=1S/C15H27N3OS/c1-3-18(4-2)13(19)7-10-16-14-17-11-15(12-20-14)8-5-6-9-15/h3-12H2,1-2H3,(H,16,17). The quantitative estimate of drug-likeness (QED) is 0.848. The first-order chi connectivity index (χ1) is 9.69. The fourth-order valence-corrected chi connectivity index (χ4v) is 4.28. The van der Waals surface area contributed by atoms with E-state index in [1.165, 1.54) is 31.4 Å². The van der Waals surface area contributed by atoms with Crippen LogP contribution in [-0.2, 0) is 4.79 Å². The lowest BCUT2D eigenvalue weighted by molar-refractivity contribution is -0.130. The van der Waals surface area contributed by atoms with Gasteiger partial charge in [-0.05, 0) is 32.1 Å². The minimum Gasteiger partial charge on any atom is -0.364 e. The number of carbonyl (C=O) groups is 1. The summed E-state index contributed by atoms with van der Waals surface area (Å²) in [5.74, 6) is 1.43. The van der Waals surface area contributed by atoms with Crippen LogP contribution in [0.25, 0.3) is 0 Å². The van der Waals surface area contributed by atoms with Crippen LogP contribution in [0.15, 0.2) is 4.99 Å². The van der Waals surface area contributed by atoms with Gasteiger partial charge in [-0.25, -0.2) is 0 Å². The van der Waals surface area contributed by atoms with E-state index in [-0.39, 0.29) is 5.91 Å². The molecule has 0 aromatic rings. The third-order valence-corrected chi connectivity index (χ3v) is 5.77. The molecule has 1 heterocycles. The van der Waals surface area contributed by atoms with Gasteiger partial charge in [0.15, 0.2) is 5.17 Å². The average molecular weight is 297 g/mol. The molecule has 0 bridgehead atoms. The molecule has 0 unspecified atom stereocenters. The van der Waals surface area contributed by atoms with Gasteiger partial charge in [0, 0.05) is 38.4 Å². The minimum absolute atomic E-state index is 0.233. The van der Waals surface area contributed by atoms with E-state index in [9.17, 15) is 4.79 Å². The zero-order chi connectivity index (χ0) is 14.4. The lowest BCUT2D eigenvalue weighted by atomic mass is 9.89. The molecular weight excluding hydrogens is 270 g/mol. The van der Waals surface area contributed by atoms with Gasteiger partial charge in [-0.3, -0.25) is 9.79 Å². The third kappa shape index (κ3) is 3.90. The second-order valence-corrected chi connectivity index (χ2v) is 6.82. The fourth-order valence-electron chi connectivity index (χ4n) is 3.10. The van der Waals surface area contributed by atoms with Gasteiger partial charge in [-0.2, -0.15) is 0 Å². The van der Waals surface area contributed by atoms with E-state index >= 15 is 0 Å². The molecule has 1 saturated carbocycles. The lowest BCUT2D eigenvalue weighted by Gasteiger charge is -2.31. The van der Waals surface area contributed by atoms with Gasteiger partial charge in [-0.15, -0.1) is 0 Å². The first-order valence-electron chi connectivity index (χ1n) is 7.88. The molecule has 0 aromatic heterocycles. The highest BCUT2D eigenvalue weighted by Gasteiger charge is 2.36. The van der Waals surface area contributed by atoms with Crippen molar-refractivity contribution in [2.75, 3.05) is 31.9 Å². The molecule has 1 fully saturated rings. The van der Waals surface area contributed by atoms with Gasteiger partial charge in [0.1, 0.15) is 0 Å². The van der Waals surface area contributed by atoms with E-state index in [0.29, 0.717) is 18.4 Å².